The molecule has 21 heavy (non-hydrogen) atoms. The Balaban J connectivity index is 1.83. The molecule has 0 spiro atoms. The van der Waals surface area contributed by atoms with Gasteiger partial charge >= 0.3 is 0 Å². The smallest absolute Gasteiger partial charge is 0.253 e. The van der Waals surface area contributed by atoms with Crippen LogP contribution in [0.4, 0.5) is 0 Å². The second kappa shape index (κ2) is 5.11. The van der Waals surface area contributed by atoms with Crippen molar-refractivity contribution in [1.82, 2.24) is 10.3 Å². The van der Waals surface area contributed by atoms with E-state index >= 15 is 0 Å². The Hall–Kier alpha value is -1.94. The van der Waals surface area contributed by atoms with Crippen LogP contribution in [0.25, 0.3) is 10.9 Å². The molecule has 0 bridgehead atoms. The summed E-state index contributed by atoms with van der Waals surface area (Å²) in [6.07, 6.45) is 2.56. The predicted octanol–water partition coefficient (Wildman–Crippen LogP) is 2.50. The highest BCUT2D eigenvalue weighted by atomic mass is 16.3. The maximum atomic E-state index is 12.3. The quantitative estimate of drug-likeness (QED) is 0.910. The lowest BCUT2D eigenvalue weighted by Crippen LogP contribution is -2.47. The number of aliphatic hydroxyl groups is 1. The molecule has 0 atom stereocenters. The number of pyridine rings is 1. The van der Waals surface area contributed by atoms with Crippen LogP contribution in [0.15, 0.2) is 24.3 Å². The molecule has 1 saturated carbocycles. The maximum Gasteiger partial charge on any atom is 0.253 e. The molecular weight excluding hydrogens is 264 g/mol. The average Bonchev–Trinajstić information content (AvgIpc) is 2.41. The molecule has 4 nitrogen and oxygen atoms in total. The van der Waals surface area contributed by atoms with Crippen LogP contribution in [-0.4, -0.2) is 28.1 Å². The minimum atomic E-state index is -0.703. The molecule has 2 N–H and O–H groups in total. The second-order valence-corrected chi connectivity index (χ2v) is 6.08. The summed E-state index contributed by atoms with van der Waals surface area (Å²) in [7, 11) is 0. The van der Waals surface area contributed by atoms with Crippen LogP contribution in [0.1, 0.15) is 40.9 Å². The summed E-state index contributed by atoms with van der Waals surface area (Å²) < 4.78 is 0. The van der Waals surface area contributed by atoms with E-state index in [0.717, 1.165) is 35.7 Å². The lowest BCUT2D eigenvalue weighted by molar-refractivity contribution is -0.0300. The van der Waals surface area contributed by atoms with Gasteiger partial charge in [-0.05, 0) is 50.8 Å². The number of rotatable bonds is 3. The topological polar surface area (TPSA) is 62.2 Å². The van der Waals surface area contributed by atoms with E-state index in [1.807, 2.05) is 38.1 Å². The number of nitrogens with zero attached hydrogens (tertiary/aromatic N) is 1. The first kappa shape index (κ1) is 14.0. The highest BCUT2D eigenvalue weighted by molar-refractivity contribution is 5.98. The average molecular weight is 284 g/mol. The molecule has 0 saturated heterocycles. The van der Waals surface area contributed by atoms with Crippen LogP contribution >= 0.6 is 0 Å². The summed E-state index contributed by atoms with van der Waals surface area (Å²) in [4.78, 5) is 16.8. The summed E-state index contributed by atoms with van der Waals surface area (Å²) in [5.41, 5.74) is 2.64. The zero-order valence-corrected chi connectivity index (χ0v) is 12.4. The van der Waals surface area contributed by atoms with Gasteiger partial charge in [-0.25, -0.2) is 0 Å². The number of hydrogen-bond acceptors (Lipinski definition) is 3. The van der Waals surface area contributed by atoms with Crippen LogP contribution in [0.2, 0.25) is 0 Å². The number of aryl methyl sites for hydroxylation is 2. The van der Waals surface area contributed by atoms with Crippen molar-refractivity contribution in [1.29, 1.82) is 0 Å². The Morgan fingerprint density at radius 2 is 2.10 bits per heavy atom. The van der Waals surface area contributed by atoms with Gasteiger partial charge in [0.2, 0.25) is 0 Å². The molecule has 3 rings (SSSR count). The van der Waals surface area contributed by atoms with Crippen LogP contribution < -0.4 is 5.32 Å². The molecule has 110 valence electrons. The fraction of sp³-hybridized carbons (Fsp3) is 0.412. The first-order chi connectivity index (χ1) is 9.97. The Labute approximate surface area is 124 Å². The molecule has 1 heterocycles. The standard InChI is InChI=1S/C17H20N2O2/c1-11-4-5-13-9-14(12(2)19-15(13)8-11)16(20)18-10-17(21)6-3-7-17/h4-5,8-9,21H,3,6-7,10H2,1-2H3,(H,18,20). The number of nitrogens with one attached hydrogen (secondary N) is 1. The van der Waals surface area contributed by atoms with Crippen molar-refractivity contribution in [2.24, 2.45) is 0 Å². The Kier molecular flexibility index (Phi) is 3.41. The molecule has 1 aliphatic rings. The summed E-state index contributed by atoms with van der Waals surface area (Å²) in [6.45, 7) is 4.18. The maximum absolute atomic E-state index is 12.3. The van der Waals surface area contributed by atoms with E-state index in [1.165, 1.54) is 0 Å². The minimum Gasteiger partial charge on any atom is -0.388 e. The molecule has 1 amide bonds. The number of aromatic nitrogens is 1. The molecule has 0 unspecified atom stereocenters. The Morgan fingerprint density at radius 1 is 1.33 bits per heavy atom. The highest BCUT2D eigenvalue weighted by Gasteiger charge is 2.34. The lowest BCUT2D eigenvalue weighted by atomic mass is 9.80. The third kappa shape index (κ3) is 2.76. The number of benzene rings is 1. The first-order valence-corrected chi connectivity index (χ1v) is 7.35. The van der Waals surface area contributed by atoms with E-state index < -0.39 is 5.60 Å². The Bertz CT molecular complexity index is 705. The van der Waals surface area contributed by atoms with Crippen molar-refractivity contribution in [2.75, 3.05) is 6.54 Å². The number of carbonyl (C=O) groups excluding carboxylic acids is 1. The van der Waals surface area contributed by atoms with Gasteiger partial charge in [0.25, 0.3) is 5.91 Å². The van der Waals surface area contributed by atoms with Gasteiger partial charge in [0.15, 0.2) is 0 Å². The fourth-order valence-electron chi connectivity index (χ4n) is 2.70. The molecular formula is C17H20N2O2. The van der Waals surface area contributed by atoms with Crippen molar-refractivity contribution in [3.05, 3.63) is 41.1 Å². The number of amides is 1. The molecule has 0 aliphatic heterocycles. The number of hydrogen-bond donors (Lipinski definition) is 2. The molecule has 1 aromatic carbocycles. The van der Waals surface area contributed by atoms with Crippen molar-refractivity contribution < 1.29 is 9.90 Å². The van der Waals surface area contributed by atoms with Crippen molar-refractivity contribution in [2.45, 2.75) is 38.7 Å². The molecule has 1 aliphatic carbocycles. The monoisotopic (exact) mass is 284 g/mol. The SMILES string of the molecule is Cc1ccc2cc(C(=O)NCC3(O)CCC3)c(C)nc2c1. The molecule has 4 heteroatoms. The zero-order valence-electron chi connectivity index (χ0n) is 12.4. The van der Waals surface area contributed by atoms with Crippen LogP contribution in [0, 0.1) is 13.8 Å². The summed E-state index contributed by atoms with van der Waals surface area (Å²) in [5.74, 6) is -0.164. The second-order valence-electron chi connectivity index (χ2n) is 6.08. The predicted molar refractivity (Wildman–Crippen MR) is 82.4 cm³/mol. The van der Waals surface area contributed by atoms with E-state index in [0.29, 0.717) is 17.8 Å². The minimum absolute atomic E-state index is 0.164. The van der Waals surface area contributed by atoms with E-state index in [-0.39, 0.29) is 5.91 Å². The van der Waals surface area contributed by atoms with Gasteiger partial charge in [-0.15, -0.1) is 0 Å². The summed E-state index contributed by atoms with van der Waals surface area (Å²) in [6, 6.07) is 7.88. The number of fused-ring (bicyclic) bond motifs is 1. The highest BCUT2D eigenvalue weighted by Crippen LogP contribution is 2.30. The van der Waals surface area contributed by atoms with Gasteiger partial charge in [-0.1, -0.05) is 12.1 Å². The third-order valence-electron chi connectivity index (χ3n) is 4.27. The van der Waals surface area contributed by atoms with Gasteiger partial charge in [-0.3, -0.25) is 9.78 Å². The summed E-state index contributed by atoms with van der Waals surface area (Å²) in [5, 5.41) is 13.8. The molecule has 1 fully saturated rings. The fourth-order valence-corrected chi connectivity index (χ4v) is 2.70. The molecule has 0 radical (unpaired) electrons. The summed E-state index contributed by atoms with van der Waals surface area (Å²) >= 11 is 0. The first-order valence-electron chi connectivity index (χ1n) is 7.35. The van der Waals surface area contributed by atoms with Gasteiger partial charge < -0.3 is 10.4 Å². The third-order valence-corrected chi connectivity index (χ3v) is 4.27. The van der Waals surface area contributed by atoms with E-state index in [1.54, 1.807) is 0 Å². The van der Waals surface area contributed by atoms with Crippen LogP contribution in [0.3, 0.4) is 0 Å². The van der Waals surface area contributed by atoms with Crippen molar-refractivity contribution >= 4 is 16.8 Å². The van der Waals surface area contributed by atoms with Crippen LogP contribution in [0.5, 0.6) is 0 Å². The zero-order chi connectivity index (χ0) is 15.0. The number of carbonyl (C=O) groups is 1. The van der Waals surface area contributed by atoms with Crippen molar-refractivity contribution in [3.8, 4) is 0 Å². The van der Waals surface area contributed by atoms with E-state index in [9.17, 15) is 9.90 Å². The largest absolute Gasteiger partial charge is 0.388 e. The Morgan fingerprint density at radius 3 is 2.76 bits per heavy atom. The van der Waals surface area contributed by atoms with Crippen molar-refractivity contribution in [3.63, 3.8) is 0 Å². The van der Waals surface area contributed by atoms with Gasteiger partial charge in [0.05, 0.1) is 22.4 Å². The molecule has 1 aromatic heterocycles. The van der Waals surface area contributed by atoms with E-state index in [2.05, 4.69) is 10.3 Å². The lowest BCUT2D eigenvalue weighted by Gasteiger charge is -2.36. The van der Waals surface area contributed by atoms with Gasteiger partial charge in [-0.2, -0.15) is 0 Å². The normalized spacial score (nSPS) is 16.5. The van der Waals surface area contributed by atoms with Crippen LogP contribution in [-0.2, 0) is 0 Å². The van der Waals surface area contributed by atoms with Gasteiger partial charge in [0, 0.05) is 11.9 Å². The van der Waals surface area contributed by atoms with E-state index in [4.69, 9.17) is 0 Å². The van der Waals surface area contributed by atoms with Gasteiger partial charge in [0.1, 0.15) is 0 Å². The molecule has 2 aromatic rings.